The summed E-state index contributed by atoms with van der Waals surface area (Å²) in [6, 6.07) is 5.92. The Bertz CT molecular complexity index is 655. The quantitative estimate of drug-likeness (QED) is 0.677. The van der Waals surface area contributed by atoms with Crippen LogP contribution in [0.5, 0.6) is 5.75 Å². The highest BCUT2D eigenvalue weighted by Crippen LogP contribution is 2.19. The third-order valence-electron chi connectivity index (χ3n) is 4.69. The predicted molar refractivity (Wildman–Crippen MR) is 101 cm³/mol. The highest BCUT2D eigenvalue weighted by molar-refractivity contribution is 7.89. The average molecular weight is 388 g/mol. The van der Waals surface area contributed by atoms with Gasteiger partial charge in [0.05, 0.1) is 5.75 Å². The zero-order chi connectivity index (χ0) is 19.3. The highest BCUT2D eigenvalue weighted by atomic mass is 32.2. The van der Waals surface area contributed by atoms with Crippen LogP contribution in [0, 0.1) is 5.82 Å². The number of benzene rings is 1. The molecule has 2 atom stereocenters. The minimum atomic E-state index is -3.39. The minimum Gasteiger partial charge on any atom is -0.492 e. The molecule has 1 heterocycles. The molecule has 2 rings (SSSR count). The number of ether oxygens (including phenoxy) is 1. The van der Waals surface area contributed by atoms with Crippen LogP contribution in [-0.2, 0) is 10.0 Å². The van der Waals surface area contributed by atoms with Gasteiger partial charge in [0.25, 0.3) is 0 Å². The second-order valence-corrected chi connectivity index (χ2v) is 9.26. The summed E-state index contributed by atoms with van der Waals surface area (Å²) in [7, 11) is 0.693. The van der Waals surface area contributed by atoms with Crippen LogP contribution in [0.1, 0.15) is 13.8 Å². The molecule has 0 amide bonds. The molecule has 6 nitrogen and oxygen atoms in total. The summed E-state index contributed by atoms with van der Waals surface area (Å²) in [6.07, 6.45) is 0. The summed E-state index contributed by atoms with van der Waals surface area (Å²) >= 11 is 0. The Balaban J connectivity index is 1.87. The first kappa shape index (κ1) is 21.1. The number of piperazine rings is 1. The molecule has 1 aromatic carbocycles. The van der Waals surface area contributed by atoms with E-state index in [4.69, 9.17) is 4.74 Å². The standard InChI is InChI=1S/C18H30FN3O3S/c1-15-13-21(14-16(2)22(15)10-9-20(3)4)26(23,24)12-11-25-18-7-5-17(19)6-8-18/h5-8,15-16H,9-14H2,1-4H3. The molecule has 0 radical (unpaired) electrons. The molecule has 0 aliphatic carbocycles. The second kappa shape index (κ2) is 9.12. The Labute approximate surface area is 156 Å². The monoisotopic (exact) mass is 387 g/mol. The average Bonchev–Trinajstić information content (AvgIpc) is 2.55. The lowest BCUT2D eigenvalue weighted by Gasteiger charge is -2.44. The van der Waals surface area contributed by atoms with E-state index in [1.54, 1.807) is 4.31 Å². The minimum absolute atomic E-state index is 0.0531. The lowest BCUT2D eigenvalue weighted by atomic mass is 10.1. The maximum absolute atomic E-state index is 12.9. The largest absolute Gasteiger partial charge is 0.492 e. The van der Waals surface area contributed by atoms with Crippen molar-refractivity contribution in [3.63, 3.8) is 0 Å². The molecule has 0 saturated carbocycles. The van der Waals surface area contributed by atoms with Crippen molar-refractivity contribution in [2.24, 2.45) is 0 Å². The van der Waals surface area contributed by atoms with E-state index in [1.807, 2.05) is 14.1 Å². The summed E-state index contributed by atoms with van der Waals surface area (Å²) in [4.78, 5) is 4.50. The molecule has 0 spiro atoms. The Morgan fingerprint density at radius 3 is 2.27 bits per heavy atom. The summed E-state index contributed by atoms with van der Waals surface area (Å²) in [6.45, 7) is 7.07. The molecule has 0 N–H and O–H groups in total. The summed E-state index contributed by atoms with van der Waals surface area (Å²) < 4.78 is 45.2. The van der Waals surface area contributed by atoms with Gasteiger partial charge in [0.15, 0.2) is 0 Å². The van der Waals surface area contributed by atoms with Crippen LogP contribution in [0.2, 0.25) is 0 Å². The first-order valence-corrected chi connectivity index (χ1v) is 10.6. The summed E-state index contributed by atoms with van der Waals surface area (Å²) in [5.74, 6) is 0.0403. The van der Waals surface area contributed by atoms with Crippen molar-refractivity contribution in [1.29, 1.82) is 0 Å². The Morgan fingerprint density at radius 1 is 1.15 bits per heavy atom. The topological polar surface area (TPSA) is 53.1 Å². The second-order valence-electron chi connectivity index (χ2n) is 7.17. The van der Waals surface area contributed by atoms with Crippen molar-refractivity contribution in [3.05, 3.63) is 30.1 Å². The molecule has 1 aliphatic heterocycles. The van der Waals surface area contributed by atoms with Crippen molar-refractivity contribution in [2.75, 3.05) is 52.6 Å². The van der Waals surface area contributed by atoms with Gasteiger partial charge in [-0.05, 0) is 52.2 Å². The van der Waals surface area contributed by atoms with Gasteiger partial charge in [0.2, 0.25) is 10.0 Å². The van der Waals surface area contributed by atoms with Crippen LogP contribution < -0.4 is 4.74 Å². The van der Waals surface area contributed by atoms with Crippen molar-refractivity contribution in [2.45, 2.75) is 25.9 Å². The zero-order valence-electron chi connectivity index (χ0n) is 16.1. The van der Waals surface area contributed by atoms with Crippen LogP contribution in [0.3, 0.4) is 0 Å². The van der Waals surface area contributed by atoms with E-state index in [9.17, 15) is 12.8 Å². The lowest BCUT2D eigenvalue weighted by Crippen LogP contribution is -2.59. The Hall–Kier alpha value is -1.22. The maximum Gasteiger partial charge on any atom is 0.217 e. The van der Waals surface area contributed by atoms with Gasteiger partial charge in [-0.15, -0.1) is 0 Å². The molecule has 1 saturated heterocycles. The fourth-order valence-electron chi connectivity index (χ4n) is 3.22. The molecule has 0 bridgehead atoms. The Morgan fingerprint density at radius 2 is 1.73 bits per heavy atom. The smallest absolute Gasteiger partial charge is 0.217 e. The number of rotatable bonds is 8. The third kappa shape index (κ3) is 5.90. The van der Waals surface area contributed by atoms with E-state index in [0.29, 0.717) is 18.8 Å². The van der Waals surface area contributed by atoms with E-state index in [0.717, 1.165) is 13.1 Å². The van der Waals surface area contributed by atoms with Crippen LogP contribution in [-0.4, -0.2) is 87.2 Å². The van der Waals surface area contributed by atoms with Gasteiger partial charge in [0.1, 0.15) is 18.2 Å². The van der Waals surface area contributed by atoms with Gasteiger partial charge in [-0.25, -0.2) is 12.8 Å². The van der Waals surface area contributed by atoms with Gasteiger partial charge in [-0.1, -0.05) is 0 Å². The van der Waals surface area contributed by atoms with Gasteiger partial charge in [-0.2, -0.15) is 4.31 Å². The number of hydrogen-bond donors (Lipinski definition) is 0. The van der Waals surface area contributed by atoms with Crippen LogP contribution >= 0.6 is 0 Å². The zero-order valence-corrected chi connectivity index (χ0v) is 16.9. The molecule has 26 heavy (non-hydrogen) atoms. The number of hydrogen-bond acceptors (Lipinski definition) is 5. The molecule has 148 valence electrons. The molecular formula is C18H30FN3O3S. The van der Waals surface area contributed by atoms with Gasteiger partial charge in [-0.3, -0.25) is 4.90 Å². The van der Waals surface area contributed by atoms with E-state index in [2.05, 4.69) is 23.6 Å². The van der Waals surface area contributed by atoms with Gasteiger partial charge < -0.3 is 9.64 Å². The van der Waals surface area contributed by atoms with E-state index >= 15 is 0 Å². The van der Waals surface area contributed by atoms with Gasteiger partial charge >= 0.3 is 0 Å². The van der Waals surface area contributed by atoms with E-state index < -0.39 is 10.0 Å². The first-order valence-electron chi connectivity index (χ1n) is 8.95. The van der Waals surface area contributed by atoms with Crippen molar-refractivity contribution < 1.29 is 17.5 Å². The normalized spacial score (nSPS) is 22.7. The number of halogens is 1. The molecule has 1 aromatic rings. The molecule has 2 unspecified atom stereocenters. The highest BCUT2D eigenvalue weighted by Gasteiger charge is 2.34. The predicted octanol–water partition coefficient (Wildman–Crippen LogP) is 1.49. The van der Waals surface area contributed by atoms with Crippen molar-refractivity contribution >= 4 is 10.0 Å². The molecule has 1 fully saturated rings. The van der Waals surface area contributed by atoms with Gasteiger partial charge in [0, 0.05) is 38.3 Å². The first-order chi connectivity index (χ1) is 12.2. The number of likely N-dealkylation sites (N-methyl/N-ethyl adjacent to an activating group) is 1. The fourth-order valence-corrected chi connectivity index (χ4v) is 4.65. The fraction of sp³-hybridized carbons (Fsp3) is 0.667. The van der Waals surface area contributed by atoms with E-state index in [-0.39, 0.29) is 30.3 Å². The summed E-state index contributed by atoms with van der Waals surface area (Å²) in [5, 5.41) is 0. The SMILES string of the molecule is CC1CN(S(=O)(=O)CCOc2ccc(F)cc2)CC(C)N1CCN(C)C. The Kier molecular flexibility index (Phi) is 7.40. The molecule has 8 heteroatoms. The van der Waals surface area contributed by atoms with Crippen LogP contribution in [0.4, 0.5) is 4.39 Å². The maximum atomic E-state index is 12.9. The van der Waals surface area contributed by atoms with Crippen LogP contribution in [0.25, 0.3) is 0 Å². The van der Waals surface area contributed by atoms with Crippen molar-refractivity contribution in [1.82, 2.24) is 14.1 Å². The van der Waals surface area contributed by atoms with Crippen molar-refractivity contribution in [3.8, 4) is 5.75 Å². The summed E-state index contributed by atoms with van der Waals surface area (Å²) in [5.41, 5.74) is 0. The molecular weight excluding hydrogens is 357 g/mol. The lowest BCUT2D eigenvalue weighted by molar-refractivity contribution is 0.0707. The van der Waals surface area contributed by atoms with E-state index in [1.165, 1.54) is 24.3 Å². The molecule has 1 aliphatic rings. The third-order valence-corrected chi connectivity index (χ3v) is 6.46. The molecule has 0 aromatic heterocycles. The number of sulfonamides is 1. The van der Waals surface area contributed by atoms with Crippen LogP contribution in [0.15, 0.2) is 24.3 Å². The number of nitrogens with zero attached hydrogens (tertiary/aromatic N) is 3.